The van der Waals surface area contributed by atoms with Crippen LogP contribution in [0.2, 0.25) is 10.0 Å². The lowest BCUT2D eigenvalue weighted by Gasteiger charge is -2.13. The third-order valence-corrected chi connectivity index (χ3v) is 4.34. The van der Waals surface area contributed by atoms with E-state index in [-0.39, 0.29) is 5.91 Å². The lowest BCUT2D eigenvalue weighted by atomic mass is 10.1. The number of nitrogens with one attached hydrogen (secondary N) is 2. The summed E-state index contributed by atoms with van der Waals surface area (Å²) in [6, 6.07) is 19.9. The minimum absolute atomic E-state index is 0.197. The number of anilines is 2. The van der Waals surface area contributed by atoms with E-state index in [1.54, 1.807) is 31.4 Å². The van der Waals surface area contributed by atoms with Gasteiger partial charge in [0.15, 0.2) is 0 Å². The van der Waals surface area contributed by atoms with Crippen molar-refractivity contribution in [2.45, 2.75) is 6.54 Å². The van der Waals surface area contributed by atoms with Gasteiger partial charge in [0.05, 0.1) is 12.8 Å². The van der Waals surface area contributed by atoms with Crippen molar-refractivity contribution in [3.63, 3.8) is 0 Å². The molecule has 0 bridgehead atoms. The summed E-state index contributed by atoms with van der Waals surface area (Å²) < 4.78 is 5.39. The second-order valence-corrected chi connectivity index (χ2v) is 6.74. The summed E-state index contributed by atoms with van der Waals surface area (Å²) in [5, 5.41) is 7.28. The number of rotatable bonds is 6. The van der Waals surface area contributed by atoms with Crippen molar-refractivity contribution in [1.82, 2.24) is 0 Å². The number of hydrogen-bond donors (Lipinski definition) is 2. The van der Waals surface area contributed by atoms with E-state index in [9.17, 15) is 4.79 Å². The van der Waals surface area contributed by atoms with Gasteiger partial charge in [0.25, 0.3) is 5.91 Å². The van der Waals surface area contributed by atoms with E-state index in [2.05, 4.69) is 10.6 Å². The Morgan fingerprint density at radius 1 is 0.963 bits per heavy atom. The molecule has 3 rings (SSSR count). The average Bonchev–Trinajstić information content (AvgIpc) is 2.66. The Labute approximate surface area is 168 Å². The number of halogens is 2. The SMILES string of the molecule is COc1ccc(C(=O)Nc2ccccc2)cc1NCc1cc(Cl)cc(Cl)c1. The van der Waals surface area contributed by atoms with Crippen LogP contribution in [0.25, 0.3) is 0 Å². The highest BCUT2D eigenvalue weighted by molar-refractivity contribution is 6.34. The van der Waals surface area contributed by atoms with Crippen LogP contribution >= 0.6 is 23.2 Å². The molecule has 3 aromatic rings. The minimum Gasteiger partial charge on any atom is -0.495 e. The number of hydrogen-bond acceptors (Lipinski definition) is 3. The van der Waals surface area contributed by atoms with Crippen LogP contribution in [-0.2, 0) is 6.54 Å². The summed E-state index contributed by atoms with van der Waals surface area (Å²) in [5.74, 6) is 0.442. The molecule has 0 unspecified atom stereocenters. The van der Waals surface area contributed by atoms with Crippen LogP contribution in [0.4, 0.5) is 11.4 Å². The summed E-state index contributed by atoms with van der Waals surface area (Å²) in [4.78, 5) is 12.5. The number of carbonyl (C=O) groups excluding carboxylic acids is 1. The Bertz CT molecular complexity index is 926. The molecule has 0 aromatic heterocycles. The highest BCUT2D eigenvalue weighted by atomic mass is 35.5. The highest BCUT2D eigenvalue weighted by Gasteiger charge is 2.11. The summed E-state index contributed by atoms with van der Waals surface area (Å²) in [6.45, 7) is 0.487. The van der Waals surface area contributed by atoms with Crippen molar-refractivity contribution >= 4 is 40.5 Å². The lowest BCUT2D eigenvalue weighted by molar-refractivity contribution is 0.102. The van der Waals surface area contributed by atoms with Crippen LogP contribution in [-0.4, -0.2) is 13.0 Å². The van der Waals surface area contributed by atoms with E-state index in [4.69, 9.17) is 27.9 Å². The van der Waals surface area contributed by atoms with Crippen LogP contribution in [0, 0.1) is 0 Å². The van der Waals surface area contributed by atoms with Crippen LogP contribution in [0.3, 0.4) is 0 Å². The Kier molecular flexibility index (Phi) is 6.22. The van der Waals surface area contributed by atoms with Gasteiger partial charge in [-0.05, 0) is 54.1 Å². The number of benzene rings is 3. The molecule has 0 aliphatic carbocycles. The minimum atomic E-state index is -0.197. The fourth-order valence-electron chi connectivity index (χ4n) is 2.62. The van der Waals surface area contributed by atoms with Crippen molar-refractivity contribution in [3.8, 4) is 5.75 Å². The molecule has 0 saturated heterocycles. The van der Waals surface area contributed by atoms with E-state index in [0.717, 1.165) is 11.3 Å². The largest absolute Gasteiger partial charge is 0.495 e. The predicted molar refractivity (Wildman–Crippen MR) is 111 cm³/mol. The van der Waals surface area contributed by atoms with Gasteiger partial charge < -0.3 is 15.4 Å². The van der Waals surface area contributed by atoms with Crippen molar-refractivity contribution in [2.24, 2.45) is 0 Å². The van der Waals surface area contributed by atoms with E-state index in [1.165, 1.54) is 0 Å². The molecule has 0 saturated carbocycles. The fourth-order valence-corrected chi connectivity index (χ4v) is 3.19. The second-order valence-electron chi connectivity index (χ2n) is 5.87. The molecule has 0 radical (unpaired) electrons. The number of para-hydroxylation sites is 1. The van der Waals surface area contributed by atoms with Gasteiger partial charge in [0.1, 0.15) is 5.75 Å². The number of carbonyl (C=O) groups is 1. The van der Waals surface area contributed by atoms with Gasteiger partial charge in [-0.1, -0.05) is 41.4 Å². The predicted octanol–water partition coefficient (Wildman–Crippen LogP) is 5.87. The number of amides is 1. The molecule has 4 nitrogen and oxygen atoms in total. The fraction of sp³-hybridized carbons (Fsp3) is 0.0952. The Balaban J connectivity index is 1.77. The zero-order valence-corrected chi connectivity index (χ0v) is 16.1. The van der Waals surface area contributed by atoms with Crippen molar-refractivity contribution in [3.05, 3.63) is 87.9 Å². The van der Waals surface area contributed by atoms with Gasteiger partial charge in [-0.15, -0.1) is 0 Å². The molecule has 0 heterocycles. The third-order valence-electron chi connectivity index (χ3n) is 3.90. The van der Waals surface area contributed by atoms with Gasteiger partial charge in [-0.25, -0.2) is 0 Å². The molecule has 27 heavy (non-hydrogen) atoms. The van der Waals surface area contributed by atoms with Gasteiger partial charge in [-0.3, -0.25) is 4.79 Å². The Morgan fingerprint density at radius 3 is 2.33 bits per heavy atom. The number of ether oxygens (including phenoxy) is 1. The molecule has 3 aromatic carbocycles. The highest BCUT2D eigenvalue weighted by Crippen LogP contribution is 2.27. The van der Waals surface area contributed by atoms with Crippen molar-refractivity contribution in [2.75, 3.05) is 17.7 Å². The maximum absolute atomic E-state index is 12.5. The van der Waals surface area contributed by atoms with Crippen LogP contribution in [0.5, 0.6) is 5.75 Å². The molecular weight excluding hydrogens is 383 g/mol. The van der Waals surface area contributed by atoms with Gasteiger partial charge in [0, 0.05) is 27.8 Å². The zero-order valence-electron chi connectivity index (χ0n) is 14.6. The summed E-state index contributed by atoms with van der Waals surface area (Å²) >= 11 is 12.1. The molecule has 1 amide bonds. The summed E-state index contributed by atoms with van der Waals surface area (Å²) in [6.07, 6.45) is 0. The van der Waals surface area contributed by atoms with Gasteiger partial charge >= 0.3 is 0 Å². The van der Waals surface area contributed by atoms with E-state index in [1.807, 2.05) is 42.5 Å². The summed E-state index contributed by atoms with van der Waals surface area (Å²) in [7, 11) is 1.58. The van der Waals surface area contributed by atoms with E-state index >= 15 is 0 Å². The molecular formula is C21H18Cl2N2O2. The molecule has 0 aliphatic heterocycles. The third kappa shape index (κ3) is 5.16. The molecule has 6 heteroatoms. The molecule has 138 valence electrons. The first kappa shape index (κ1) is 19.1. The maximum Gasteiger partial charge on any atom is 0.255 e. The van der Waals surface area contributed by atoms with Gasteiger partial charge in [0.2, 0.25) is 0 Å². The monoisotopic (exact) mass is 400 g/mol. The van der Waals surface area contributed by atoms with Crippen LogP contribution < -0.4 is 15.4 Å². The Morgan fingerprint density at radius 2 is 1.67 bits per heavy atom. The van der Waals surface area contributed by atoms with Crippen molar-refractivity contribution < 1.29 is 9.53 Å². The lowest BCUT2D eigenvalue weighted by Crippen LogP contribution is -2.12. The smallest absolute Gasteiger partial charge is 0.255 e. The molecule has 0 spiro atoms. The second kappa shape index (κ2) is 8.80. The first-order valence-corrected chi connectivity index (χ1v) is 9.04. The normalized spacial score (nSPS) is 10.3. The molecule has 0 fully saturated rings. The molecule has 2 N–H and O–H groups in total. The average molecular weight is 401 g/mol. The van der Waals surface area contributed by atoms with Crippen LogP contribution in [0.1, 0.15) is 15.9 Å². The first-order valence-electron chi connectivity index (χ1n) is 8.28. The number of methoxy groups -OCH3 is 1. The zero-order chi connectivity index (χ0) is 19.2. The van der Waals surface area contributed by atoms with Gasteiger partial charge in [-0.2, -0.15) is 0 Å². The topological polar surface area (TPSA) is 50.4 Å². The first-order chi connectivity index (χ1) is 13.0. The summed E-state index contributed by atoms with van der Waals surface area (Å²) in [5.41, 5.74) is 2.88. The molecule has 0 atom stereocenters. The standard InChI is InChI=1S/C21H18Cl2N2O2/c1-27-20-8-7-15(21(26)25-18-5-3-2-4-6-18)11-19(20)24-13-14-9-16(22)12-17(23)10-14/h2-12,24H,13H2,1H3,(H,25,26). The van der Waals surface area contributed by atoms with E-state index < -0.39 is 0 Å². The van der Waals surface area contributed by atoms with Crippen molar-refractivity contribution in [1.29, 1.82) is 0 Å². The van der Waals surface area contributed by atoms with Crippen LogP contribution in [0.15, 0.2) is 66.7 Å². The molecule has 0 aliphatic rings. The van der Waals surface area contributed by atoms with E-state index in [0.29, 0.717) is 33.6 Å². The maximum atomic E-state index is 12.5. The Hall–Kier alpha value is -2.69. The quantitative estimate of drug-likeness (QED) is 0.544.